The Kier molecular flexibility index (Phi) is 4.52. The van der Waals surface area contributed by atoms with E-state index in [1.165, 1.54) is 5.69 Å². The second-order valence-corrected chi connectivity index (χ2v) is 6.36. The molecule has 1 aromatic carbocycles. The van der Waals surface area contributed by atoms with Crippen molar-refractivity contribution in [2.75, 3.05) is 13.2 Å². The van der Waals surface area contributed by atoms with Crippen molar-refractivity contribution in [2.45, 2.75) is 25.9 Å². The zero-order valence-corrected chi connectivity index (χ0v) is 14.1. The molecule has 116 valence electrons. The Balaban J connectivity index is 1.54. The fourth-order valence-corrected chi connectivity index (χ4v) is 3.25. The monoisotopic (exact) mass is 362 g/mol. The Morgan fingerprint density at radius 1 is 1.32 bits per heavy atom. The molecule has 1 aromatic heterocycles. The maximum atomic E-state index is 12.4. The summed E-state index contributed by atoms with van der Waals surface area (Å²) in [5.41, 5.74) is 1.20. The average Bonchev–Trinajstić information content (AvgIpc) is 2.97. The van der Waals surface area contributed by atoms with Gasteiger partial charge in [-0.2, -0.15) is 0 Å². The van der Waals surface area contributed by atoms with Gasteiger partial charge in [0.05, 0.1) is 19.1 Å². The summed E-state index contributed by atoms with van der Waals surface area (Å²) in [4.78, 5) is 14.4. The predicted molar refractivity (Wildman–Crippen MR) is 88.8 cm³/mol. The number of amides is 1. The molecule has 0 spiro atoms. The van der Waals surface area contributed by atoms with Gasteiger partial charge in [-0.05, 0) is 37.3 Å². The maximum Gasteiger partial charge on any atom is 0.226 e. The smallest absolute Gasteiger partial charge is 0.226 e. The number of hydrogen-bond donors (Lipinski definition) is 0. The number of halogens is 1. The van der Waals surface area contributed by atoms with Crippen LogP contribution in [0.25, 0.3) is 0 Å². The van der Waals surface area contributed by atoms with Crippen LogP contribution in [0, 0.1) is 0 Å². The highest BCUT2D eigenvalue weighted by Crippen LogP contribution is 2.26. The van der Waals surface area contributed by atoms with Crippen molar-refractivity contribution < 1.29 is 9.53 Å². The van der Waals surface area contributed by atoms with E-state index in [0.717, 1.165) is 23.3 Å². The van der Waals surface area contributed by atoms with Gasteiger partial charge in [0, 0.05) is 29.5 Å². The Labute approximate surface area is 138 Å². The van der Waals surface area contributed by atoms with Crippen LogP contribution in [0.3, 0.4) is 0 Å². The van der Waals surface area contributed by atoms with Gasteiger partial charge in [-0.1, -0.05) is 22.0 Å². The molecule has 0 bridgehead atoms. The van der Waals surface area contributed by atoms with E-state index in [9.17, 15) is 4.79 Å². The molecular formula is C17H19BrN2O2. The normalized spacial score (nSPS) is 17.2. The molecular weight excluding hydrogens is 344 g/mol. The number of rotatable bonds is 4. The van der Waals surface area contributed by atoms with Gasteiger partial charge in [0.15, 0.2) is 0 Å². The number of carbonyl (C=O) groups excluding carboxylic acids is 1. The third kappa shape index (κ3) is 3.19. The first kappa shape index (κ1) is 15.2. The molecule has 5 heteroatoms. The van der Waals surface area contributed by atoms with Crippen LogP contribution < -0.4 is 4.74 Å². The highest BCUT2D eigenvalue weighted by atomic mass is 79.9. The Morgan fingerprint density at radius 2 is 2.18 bits per heavy atom. The SMILES string of the molecule is CC1c2cccn2CCN1C(=O)CCOc1cccc(Br)c1. The second kappa shape index (κ2) is 6.57. The highest BCUT2D eigenvalue weighted by molar-refractivity contribution is 9.10. The van der Waals surface area contributed by atoms with E-state index >= 15 is 0 Å². The van der Waals surface area contributed by atoms with Crippen LogP contribution in [0.4, 0.5) is 0 Å². The van der Waals surface area contributed by atoms with Gasteiger partial charge in [0.1, 0.15) is 5.75 Å². The lowest BCUT2D eigenvalue weighted by molar-refractivity contribution is -0.134. The van der Waals surface area contributed by atoms with Crippen molar-refractivity contribution in [3.8, 4) is 5.75 Å². The van der Waals surface area contributed by atoms with E-state index in [4.69, 9.17) is 4.74 Å². The molecule has 0 saturated heterocycles. The summed E-state index contributed by atoms with van der Waals surface area (Å²) >= 11 is 3.41. The molecule has 0 aliphatic carbocycles. The molecule has 2 aromatic rings. The number of ether oxygens (including phenoxy) is 1. The van der Waals surface area contributed by atoms with Crippen LogP contribution in [0.5, 0.6) is 5.75 Å². The van der Waals surface area contributed by atoms with Crippen LogP contribution in [-0.2, 0) is 11.3 Å². The van der Waals surface area contributed by atoms with Crippen LogP contribution in [0.15, 0.2) is 47.1 Å². The third-order valence-electron chi connectivity index (χ3n) is 4.04. The first-order chi connectivity index (χ1) is 10.6. The fourth-order valence-electron chi connectivity index (χ4n) is 2.88. The first-order valence-corrected chi connectivity index (χ1v) is 8.27. The van der Waals surface area contributed by atoms with Crippen LogP contribution >= 0.6 is 15.9 Å². The van der Waals surface area contributed by atoms with Gasteiger partial charge >= 0.3 is 0 Å². The van der Waals surface area contributed by atoms with Gasteiger partial charge in [0.2, 0.25) is 5.91 Å². The molecule has 22 heavy (non-hydrogen) atoms. The Bertz CT molecular complexity index is 668. The summed E-state index contributed by atoms with van der Waals surface area (Å²) in [6.07, 6.45) is 2.47. The Morgan fingerprint density at radius 3 is 3.00 bits per heavy atom. The van der Waals surface area contributed by atoms with Gasteiger partial charge < -0.3 is 14.2 Å². The summed E-state index contributed by atoms with van der Waals surface area (Å²) < 4.78 is 8.84. The zero-order valence-electron chi connectivity index (χ0n) is 12.5. The Hall–Kier alpha value is -1.75. The molecule has 1 atom stereocenters. The maximum absolute atomic E-state index is 12.4. The van der Waals surface area contributed by atoms with Crippen LogP contribution in [0.2, 0.25) is 0 Å². The lowest BCUT2D eigenvalue weighted by atomic mass is 10.1. The highest BCUT2D eigenvalue weighted by Gasteiger charge is 2.26. The number of hydrogen-bond acceptors (Lipinski definition) is 2. The minimum atomic E-state index is 0.127. The topological polar surface area (TPSA) is 34.5 Å². The van der Waals surface area contributed by atoms with Gasteiger partial charge in [0.25, 0.3) is 0 Å². The van der Waals surface area contributed by atoms with Crippen molar-refractivity contribution in [1.29, 1.82) is 0 Å². The second-order valence-electron chi connectivity index (χ2n) is 5.45. The van der Waals surface area contributed by atoms with Crippen molar-refractivity contribution in [3.05, 3.63) is 52.8 Å². The van der Waals surface area contributed by atoms with Crippen LogP contribution in [0.1, 0.15) is 25.1 Å². The molecule has 4 nitrogen and oxygen atoms in total. The third-order valence-corrected chi connectivity index (χ3v) is 4.54. The van der Waals surface area contributed by atoms with Crippen molar-refractivity contribution in [3.63, 3.8) is 0 Å². The summed E-state index contributed by atoms with van der Waals surface area (Å²) in [6.45, 7) is 4.11. The van der Waals surface area contributed by atoms with Gasteiger partial charge in [-0.3, -0.25) is 4.79 Å². The molecule has 0 N–H and O–H groups in total. The summed E-state index contributed by atoms with van der Waals surface area (Å²) in [7, 11) is 0. The predicted octanol–water partition coefficient (Wildman–Crippen LogP) is 3.62. The molecule has 2 heterocycles. The fraction of sp³-hybridized carbons (Fsp3) is 0.353. The van der Waals surface area contributed by atoms with E-state index in [1.54, 1.807) is 0 Å². The number of aromatic nitrogens is 1. The van der Waals surface area contributed by atoms with E-state index in [0.29, 0.717) is 13.0 Å². The number of benzene rings is 1. The molecule has 1 unspecified atom stereocenters. The lowest BCUT2D eigenvalue weighted by Crippen LogP contribution is -2.41. The van der Waals surface area contributed by atoms with Crippen molar-refractivity contribution in [1.82, 2.24) is 9.47 Å². The molecule has 0 fully saturated rings. The van der Waals surface area contributed by atoms with E-state index in [-0.39, 0.29) is 11.9 Å². The molecule has 0 saturated carbocycles. The minimum Gasteiger partial charge on any atom is -0.493 e. The van der Waals surface area contributed by atoms with E-state index in [2.05, 4.69) is 39.7 Å². The molecule has 0 radical (unpaired) electrons. The minimum absolute atomic E-state index is 0.127. The summed E-state index contributed by atoms with van der Waals surface area (Å²) in [6, 6.07) is 11.9. The first-order valence-electron chi connectivity index (χ1n) is 7.48. The number of carbonyl (C=O) groups is 1. The molecule has 1 amide bonds. The van der Waals surface area contributed by atoms with Gasteiger partial charge in [-0.25, -0.2) is 0 Å². The van der Waals surface area contributed by atoms with Crippen LogP contribution in [-0.4, -0.2) is 28.5 Å². The van der Waals surface area contributed by atoms with Crippen molar-refractivity contribution >= 4 is 21.8 Å². The standard InChI is InChI=1S/C17H19BrN2O2/c1-13-16-6-3-8-19(16)9-10-20(13)17(21)7-11-22-15-5-2-4-14(18)12-15/h2-6,8,12-13H,7,9-11H2,1H3. The van der Waals surface area contributed by atoms with Crippen molar-refractivity contribution in [2.24, 2.45) is 0 Å². The van der Waals surface area contributed by atoms with E-state index in [1.807, 2.05) is 35.2 Å². The molecule has 1 aliphatic rings. The number of nitrogens with zero attached hydrogens (tertiary/aromatic N) is 2. The molecule has 3 rings (SSSR count). The molecule has 1 aliphatic heterocycles. The van der Waals surface area contributed by atoms with Gasteiger partial charge in [-0.15, -0.1) is 0 Å². The number of fused-ring (bicyclic) bond motifs is 1. The average molecular weight is 363 g/mol. The van der Waals surface area contributed by atoms with E-state index < -0.39 is 0 Å². The quantitative estimate of drug-likeness (QED) is 0.832. The zero-order chi connectivity index (χ0) is 15.5. The summed E-state index contributed by atoms with van der Waals surface area (Å²) in [5, 5.41) is 0. The lowest BCUT2D eigenvalue weighted by Gasteiger charge is -2.35. The largest absolute Gasteiger partial charge is 0.493 e. The summed E-state index contributed by atoms with van der Waals surface area (Å²) in [5.74, 6) is 0.928.